The van der Waals surface area contributed by atoms with E-state index in [0.29, 0.717) is 32.3 Å². The Morgan fingerprint density at radius 2 is 1.90 bits per heavy atom. The highest BCUT2D eigenvalue weighted by Crippen LogP contribution is 2.57. The largest absolute Gasteiger partial charge is 0.497 e. The van der Waals surface area contributed by atoms with Gasteiger partial charge in [0.25, 0.3) is 0 Å². The quantitative estimate of drug-likeness (QED) is 0.166. The van der Waals surface area contributed by atoms with Gasteiger partial charge in [0, 0.05) is 36.6 Å². The van der Waals surface area contributed by atoms with Gasteiger partial charge >= 0.3 is 0 Å². The minimum atomic E-state index is 0.0251. The lowest BCUT2D eigenvalue weighted by atomic mass is 9.65. The zero-order valence-corrected chi connectivity index (χ0v) is 23.7. The Labute approximate surface area is 234 Å². The number of fused-ring (bicyclic) bond motifs is 1. The molecule has 3 aliphatic heterocycles. The zero-order chi connectivity index (χ0) is 27.2. The fourth-order valence-electron chi connectivity index (χ4n) is 6.88. The van der Waals surface area contributed by atoms with Gasteiger partial charge in [0.05, 0.1) is 45.0 Å². The van der Waals surface area contributed by atoms with Crippen LogP contribution >= 0.6 is 0 Å². The average Bonchev–Trinajstić information content (AvgIpc) is 3.39. The van der Waals surface area contributed by atoms with Gasteiger partial charge in [-0.25, -0.2) is 4.57 Å². The van der Waals surface area contributed by atoms with E-state index < -0.39 is 0 Å². The van der Waals surface area contributed by atoms with Crippen molar-refractivity contribution in [3.05, 3.63) is 84.7 Å². The Balaban J connectivity index is 1.39. The van der Waals surface area contributed by atoms with Gasteiger partial charge in [0.1, 0.15) is 18.5 Å². The molecule has 2 saturated heterocycles. The number of aromatic nitrogens is 1. The molecule has 39 heavy (non-hydrogen) atoms. The summed E-state index contributed by atoms with van der Waals surface area (Å²) in [6, 6.07) is 10.9. The molecular weight excluding hydrogens is 488 g/mol. The number of hydrogen-bond donors (Lipinski definition) is 0. The van der Waals surface area contributed by atoms with Gasteiger partial charge in [-0.1, -0.05) is 24.3 Å². The molecule has 0 amide bonds. The van der Waals surface area contributed by atoms with Crippen LogP contribution in [0.2, 0.25) is 0 Å². The SMILES string of the molecule is C=CCCCC[n+]1ccc2c(c1)[C@@H]1[C@H](CCC=C)[C@H](OCC)[C@H]2[C@@H]2OC[C@@H](COCc3ccc(OC)cc3)N12. The highest BCUT2D eigenvalue weighted by atomic mass is 16.5. The van der Waals surface area contributed by atoms with Crippen molar-refractivity contribution in [3.8, 4) is 5.75 Å². The molecule has 2 fully saturated rings. The Kier molecular flexibility index (Phi) is 9.51. The van der Waals surface area contributed by atoms with E-state index in [-0.39, 0.29) is 30.3 Å². The van der Waals surface area contributed by atoms with E-state index in [1.54, 1.807) is 7.11 Å². The first-order valence-electron chi connectivity index (χ1n) is 14.7. The lowest BCUT2D eigenvalue weighted by Gasteiger charge is -2.56. The minimum absolute atomic E-state index is 0.0251. The molecule has 2 aromatic rings. The number of nitrogens with zero attached hydrogens (tertiary/aromatic N) is 2. The summed E-state index contributed by atoms with van der Waals surface area (Å²) in [5.74, 6) is 1.45. The summed E-state index contributed by atoms with van der Waals surface area (Å²) in [5, 5.41) is 0. The first-order chi connectivity index (χ1) is 19.2. The van der Waals surface area contributed by atoms with Crippen LogP contribution < -0.4 is 9.30 Å². The van der Waals surface area contributed by atoms with Crippen molar-refractivity contribution in [2.24, 2.45) is 5.92 Å². The van der Waals surface area contributed by atoms with Gasteiger partial charge in [0.2, 0.25) is 0 Å². The van der Waals surface area contributed by atoms with E-state index in [9.17, 15) is 0 Å². The third-order valence-corrected chi connectivity index (χ3v) is 8.62. The molecule has 0 radical (unpaired) electrons. The standard InChI is InChI=1S/C33H45N2O4/c1-5-8-10-11-18-34-19-17-27-29(20-34)31-28(12-9-6-2)32(38-7-3)30(27)33-35(31)25(23-39-33)22-37-21-24-13-15-26(36-4)16-14-24/h5-6,13-17,19-20,25,28,30-33H,1-2,7-12,18,21-23H2,3-4H3/q+1/t25-,28+,30+,31+,32+,33+/m1/s1. The van der Waals surface area contributed by atoms with E-state index in [1.807, 2.05) is 24.3 Å². The van der Waals surface area contributed by atoms with E-state index in [0.717, 1.165) is 43.5 Å². The molecule has 1 aromatic heterocycles. The molecule has 2 bridgehead atoms. The van der Waals surface area contributed by atoms with Crippen LogP contribution in [0.25, 0.3) is 0 Å². The number of unbranched alkanes of at least 4 members (excludes halogenated alkanes) is 2. The number of piperidine rings is 1. The fraction of sp³-hybridized carbons (Fsp3) is 0.545. The number of hydrogen-bond acceptors (Lipinski definition) is 5. The number of allylic oxidation sites excluding steroid dienone is 2. The molecule has 1 aromatic carbocycles. The van der Waals surface area contributed by atoms with E-state index >= 15 is 0 Å². The molecule has 0 spiro atoms. The first kappa shape index (κ1) is 28.0. The number of rotatable bonds is 15. The summed E-state index contributed by atoms with van der Waals surface area (Å²) in [4.78, 5) is 2.63. The van der Waals surface area contributed by atoms with Gasteiger partial charge in [-0.15, -0.1) is 13.2 Å². The molecular formula is C33H45N2O4+. The summed E-state index contributed by atoms with van der Waals surface area (Å²) >= 11 is 0. The Bertz CT molecular complexity index is 1100. The predicted molar refractivity (Wildman–Crippen MR) is 153 cm³/mol. The van der Waals surface area contributed by atoms with Crippen LogP contribution in [0.4, 0.5) is 0 Å². The number of pyridine rings is 1. The summed E-state index contributed by atoms with van der Waals surface area (Å²) < 4.78 is 27.0. The lowest BCUT2D eigenvalue weighted by molar-refractivity contribution is -0.698. The molecule has 210 valence electrons. The van der Waals surface area contributed by atoms with Gasteiger partial charge < -0.3 is 18.9 Å². The van der Waals surface area contributed by atoms with Crippen molar-refractivity contribution >= 4 is 0 Å². The van der Waals surface area contributed by atoms with E-state index in [2.05, 4.69) is 60.1 Å². The van der Waals surface area contributed by atoms with Gasteiger partial charge in [-0.05, 0) is 55.9 Å². The second kappa shape index (κ2) is 13.2. The predicted octanol–water partition coefficient (Wildman–Crippen LogP) is 5.72. The smallest absolute Gasteiger partial charge is 0.173 e. The highest BCUT2D eigenvalue weighted by molar-refractivity contribution is 5.39. The molecule has 0 saturated carbocycles. The van der Waals surface area contributed by atoms with Crippen LogP contribution in [0.15, 0.2) is 68.0 Å². The van der Waals surface area contributed by atoms with Crippen molar-refractivity contribution in [1.29, 1.82) is 0 Å². The van der Waals surface area contributed by atoms with Crippen LogP contribution in [-0.4, -0.2) is 50.2 Å². The molecule has 6 heteroatoms. The second-order valence-electron chi connectivity index (χ2n) is 11.0. The average molecular weight is 534 g/mol. The summed E-state index contributed by atoms with van der Waals surface area (Å²) in [7, 11) is 1.69. The molecule has 4 aliphatic rings. The molecule has 0 unspecified atom stereocenters. The van der Waals surface area contributed by atoms with Crippen molar-refractivity contribution in [1.82, 2.24) is 4.90 Å². The van der Waals surface area contributed by atoms with Crippen molar-refractivity contribution < 1.29 is 23.5 Å². The summed E-state index contributed by atoms with van der Waals surface area (Å²) in [6.07, 6.45) is 14.3. The molecule has 6 rings (SSSR count). The van der Waals surface area contributed by atoms with E-state index in [1.165, 1.54) is 17.5 Å². The summed E-state index contributed by atoms with van der Waals surface area (Å²) in [5.41, 5.74) is 3.99. The Hall–Kier alpha value is -2.51. The molecule has 4 heterocycles. The van der Waals surface area contributed by atoms with Gasteiger partial charge in [-0.2, -0.15) is 0 Å². The minimum Gasteiger partial charge on any atom is -0.497 e. The number of aryl methyl sites for hydroxylation is 1. The molecule has 6 nitrogen and oxygen atoms in total. The number of benzene rings is 1. The van der Waals surface area contributed by atoms with Crippen molar-refractivity contribution in [2.45, 2.75) is 82.5 Å². The van der Waals surface area contributed by atoms with Crippen LogP contribution in [0.5, 0.6) is 5.75 Å². The lowest BCUT2D eigenvalue weighted by Crippen LogP contribution is -2.61. The van der Waals surface area contributed by atoms with Gasteiger partial charge in [0.15, 0.2) is 12.4 Å². The third-order valence-electron chi connectivity index (χ3n) is 8.62. The third kappa shape index (κ3) is 5.85. The zero-order valence-electron chi connectivity index (χ0n) is 23.7. The van der Waals surface area contributed by atoms with Gasteiger partial charge in [-0.3, -0.25) is 4.90 Å². The Morgan fingerprint density at radius 1 is 1.08 bits per heavy atom. The highest BCUT2D eigenvalue weighted by Gasteiger charge is 2.60. The molecule has 0 N–H and O–H groups in total. The van der Waals surface area contributed by atoms with Crippen molar-refractivity contribution in [2.75, 3.05) is 26.9 Å². The maximum Gasteiger partial charge on any atom is 0.173 e. The van der Waals surface area contributed by atoms with E-state index in [4.69, 9.17) is 18.9 Å². The number of methoxy groups -OCH3 is 1. The van der Waals surface area contributed by atoms with Crippen LogP contribution in [0.1, 0.15) is 67.7 Å². The van der Waals surface area contributed by atoms with Crippen LogP contribution in [-0.2, 0) is 27.4 Å². The second-order valence-corrected chi connectivity index (χ2v) is 11.0. The number of ether oxygens (including phenoxy) is 4. The monoisotopic (exact) mass is 533 g/mol. The maximum atomic E-state index is 6.56. The topological polar surface area (TPSA) is 44.0 Å². The maximum absolute atomic E-state index is 6.56. The fourth-order valence-corrected chi connectivity index (χ4v) is 6.88. The molecule has 1 aliphatic carbocycles. The first-order valence-corrected chi connectivity index (χ1v) is 14.7. The normalized spacial score (nSPS) is 27.2. The summed E-state index contributed by atoms with van der Waals surface area (Å²) in [6.45, 7) is 13.7. The Morgan fingerprint density at radius 3 is 2.64 bits per heavy atom. The van der Waals surface area contributed by atoms with Crippen molar-refractivity contribution in [3.63, 3.8) is 0 Å². The molecule has 6 atom stereocenters. The van der Waals surface area contributed by atoms with Crippen LogP contribution in [0, 0.1) is 5.92 Å². The van der Waals surface area contributed by atoms with Crippen LogP contribution in [0.3, 0.4) is 0 Å².